The van der Waals surface area contributed by atoms with Gasteiger partial charge in [0.1, 0.15) is 0 Å². The molecule has 0 aromatic carbocycles. The predicted octanol–water partition coefficient (Wildman–Crippen LogP) is 2.02. The molecule has 2 fully saturated rings. The predicted molar refractivity (Wildman–Crippen MR) is 69.8 cm³/mol. The van der Waals surface area contributed by atoms with Gasteiger partial charge >= 0.3 is 0 Å². The molecule has 3 atom stereocenters. The van der Waals surface area contributed by atoms with Crippen molar-refractivity contribution in [2.24, 2.45) is 11.8 Å². The molecule has 0 aromatic rings. The highest BCUT2D eigenvalue weighted by Gasteiger charge is 2.36. The molecule has 1 heterocycles. The van der Waals surface area contributed by atoms with Gasteiger partial charge in [0.2, 0.25) is 5.91 Å². The second-order valence-electron chi connectivity index (χ2n) is 5.74. The van der Waals surface area contributed by atoms with Crippen LogP contribution in [0, 0.1) is 11.8 Å². The highest BCUT2D eigenvalue weighted by molar-refractivity contribution is 5.79. The first-order valence-electron chi connectivity index (χ1n) is 7.19. The summed E-state index contributed by atoms with van der Waals surface area (Å²) in [5, 5.41) is 3.11. The molecule has 1 N–H and O–H groups in total. The summed E-state index contributed by atoms with van der Waals surface area (Å²) in [6.45, 7) is 3.84. The number of carbonyl (C=O) groups is 1. The Balaban J connectivity index is 2.00. The molecule has 0 spiro atoms. The van der Waals surface area contributed by atoms with Crippen LogP contribution < -0.4 is 5.32 Å². The fourth-order valence-electron chi connectivity index (χ4n) is 3.57. The van der Waals surface area contributed by atoms with Gasteiger partial charge in [-0.15, -0.1) is 0 Å². The monoisotopic (exact) mass is 238 g/mol. The van der Waals surface area contributed by atoms with Gasteiger partial charge in [0.15, 0.2) is 0 Å². The molecule has 0 aromatic heterocycles. The molecule has 1 aliphatic heterocycles. The largest absolute Gasteiger partial charge is 0.339 e. The molecule has 1 amide bonds. The van der Waals surface area contributed by atoms with Crippen LogP contribution in [0.4, 0.5) is 0 Å². The molecule has 1 saturated heterocycles. The van der Waals surface area contributed by atoms with E-state index in [1.807, 2.05) is 14.0 Å². The minimum absolute atomic E-state index is 0.126. The summed E-state index contributed by atoms with van der Waals surface area (Å²) in [5.41, 5.74) is 0. The lowest BCUT2D eigenvalue weighted by atomic mass is 9.78. The molecule has 98 valence electrons. The highest BCUT2D eigenvalue weighted by Crippen LogP contribution is 2.35. The Hall–Kier alpha value is -0.570. The van der Waals surface area contributed by atoms with E-state index in [0.29, 0.717) is 11.9 Å². The van der Waals surface area contributed by atoms with Crippen molar-refractivity contribution in [3.8, 4) is 0 Å². The summed E-state index contributed by atoms with van der Waals surface area (Å²) in [4.78, 5) is 14.6. The zero-order valence-corrected chi connectivity index (χ0v) is 11.2. The number of hydrogen-bond acceptors (Lipinski definition) is 2. The lowest BCUT2D eigenvalue weighted by molar-refractivity contribution is -0.141. The molecular weight excluding hydrogens is 212 g/mol. The Bertz CT molecular complexity index is 265. The van der Waals surface area contributed by atoms with E-state index < -0.39 is 0 Å². The average Bonchev–Trinajstić information content (AvgIpc) is 2.37. The van der Waals surface area contributed by atoms with Crippen LogP contribution in [0.1, 0.15) is 45.4 Å². The zero-order chi connectivity index (χ0) is 12.3. The van der Waals surface area contributed by atoms with Crippen LogP contribution in [0.15, 0.2) is 0 Å². The third kappa shape index (κ3) is 2.82. The third-order valence-electron chi connectivity index (χ3n) is 4.46. The van der Waals surface area contributed by atoms with Crippen LogP contribution in [0.5, 0.6) is 0 Å². The van der Waals surface area contributed by atoms with Crippen LogP contribution >= 0.6 is 0 Å². The quantitative estimate of drug-likeness (QED) is 0.816. The maximum Gasteiger partial charge on any atom is 0.226 e. The first-order chi connectivity index (χ1) is 8.24. The molecule has 0 radical (unpaired) electrons. The lowest BCUT2D eigenvalue weighted by Gasteiger charge is -2.45. The third-order valence-corrected chi connectivity index (χ3v) is 4.46. The van der Waals surface area contributed by atoms with Crippen LogP contribution in [-0.2, 0) is 4.79 Å². The van der Waals surface area contributed by atoms with Crippen LogP contribution in [-0.4, -0.2) is 37.0 Å². The Morgan fingerprint density at radius 1 is 1.29 bits per heavy atom. The Morgan fingerprint density at radius 2 is 2.00 bits per heavy atom. The number of nitrogens with zero attached hydrogens (tertiary/aromatic N) is 1. The number of nitrogens with one attached hydrogen (secondary N) is 1. The van der Waals surface area contributed by atoms with Crippen LogP contribution in [0.2, 0.25) is 0 Å². The summed E-state index contributed by atoms with van der Waals surface area (Å²) >= 11 is 0. The molecule has 0 bridgehead atoms. The van der Waals surface area contributed by atoms with Crippen molar-refractivity contribution in [3.63, 3.8) is 0 Å². The molecule has 1 saturated carbocycles. The average molecular weight is 238 g/mol. The summed E-state index contributed by atoms with van der Waals surface area (Å²) in [7, 11) is 1.92. The van der Waals surface area contributed by atoms with Gasteiger partial charge in [0.05, 0.1) is 0 Å². The summed E-state index contributed by atoms with van der Waals surface area (Å²) in [6.07, 6.45) is 7.81. The Morgan fingerprint density at radius 3 is 2.76 bits per heavy atom. The normalized spacial score (nSPS) is 30.8. The number of carbonyl (C=O) groups excluding carboxylic acids is 1. The van der Waals surface area contributed by atoms with Crippen molar-refractivity contribution in [1.82, 2.24) is 10.2 Å². The van der Waals surface area contributed by atoms with E-state index in [9.17, 15) is 4.79 Å². The fraction of sp³-hybridized carbons (Fsp3) is 0.929. The maximum atomic E-state index is 12.4. The second-order valence-corrected chi connectivity index (χ2v) is 5.74. The minimum atomic E-state index is 0.126. The van der Waals surface area contributed by atoms with Gasteiger partial charge in [0.25, 0.3) is 0 Å². The van der Waals surface area contributed by atoms with E-state index in [1.165, 1.54) is 38.5 Å². The lowest BCUT2D eigenvalue weighted by Crippen LogP contribution is -2.52. The summed E-state index contributed by atoms with van der Waals surface area (Å²) in [6, 6.07) is 0.560. The number of rotatable bonds is 3. The van der Waals surface area contributed by atoms with Gasteiger partial charge in [-0.3, -0.25) is 4.79 Å². The van der Waals surface area contributed by atoms with Crippen molar-refractivity contribution in [3.05, 3.63) is 0 Å². The topological polar surface area (TPSA) is 32.3 Å². The fourth-order valence-corrected chi connectivity index (χ4v) is 3.57. The van der Waals surface area contributed by atoms with Gasteiger partial charge < -0.3 is 10.2 Å². The van der Waals surface area contributed by atoms with Gasteiger partial charge in [-0.1, -0.05) is 19.8 Å². The van der Waals surface area contributed by atoms with Crippen molar-refractivity contribution < 1.29 is 4.79 Å². The SMILES string of the molecule is CNCC(C)C(=O)N1CCCC2CCCCC21. The molecule has 17 heavy (non-hydrogen) atoms. The molecule has 1 aliphatic carbocycles. The van der Waals surface area contributed by atoms with Gasteiger partial charge in [-0.05, 0) is 38.6 Å². The van der Waals surface area contributed by atoms with Crippen LogP contribution in [0.25, 0.3) is 0 Å². The molecule has 2 rings (SSSR count). The van der Waals surface area contributed by atoms with E-state index in [4.69, 9.17) is 0 Å². The van der Waals surface area contributed by atoms with E-state index in [0.717, 1.165) is 19.0 Å². The number of amides is 1. The molecular formula is C14H26N2O. The standard InChI is InChI=1S/C14H26N2O/c1-11(10-15-2)14(17)16-9-5-7-12-6-3-4-8-13(12)16/h11-13,15H,3-10H2,1-2H3. The van der Waals surface area contributed by atoms with Crippen molar-refractivity contribution in [2.45, 2.75) is 51.5 Å². The van der Waals surface area contributed by atoms with Gasteiger partial charge in [-0.25, -0.2) is 0 Å². The smallest absolute Gasteiger partial charge is 0.226 e. The van der Waals surface area contributed by atoms with E-state index in [-0.39, 0.29) is 5.92 Å². The maximum absolute atomic E-state index is 12.4. The number of likely N-dealkylation sites (tertiary alicyclic amines) is 1. The van der Waals surface area contributed by atoms with E-state index in [1.54, 1.807) is 0 Å². The minimum Gasteiger partial charge on any atom is -0.339 e. The van der Waals surface area contributed by atoms with Crippen molar-refractivity contribution >= 4 is 5.91 Å². The summed E-state index contributed by atoms with van der Waals surface area (Å²) < 4.78 is 0. The molecule has 3 nitrogen and oxygen atoms in total. The first kappa shape index (κ1) is 12.9. The van der Waals surface area contributed by atoms with Gasteiger partial charge in [0, 0.05) is 25.0 Å². The number of piperidine rings is 1. The number of hydrogen-bond donors (Lipinski definition) is 1. The van der Waals surface area contributed by atoms with Gasteiger partial charge in [-0.2, -0.15) is 0 Å². The molecule has 2 aliphatic rings. The Kier molecular flexibility index (Phi) is 4.43. The Labute approximate surface area is 105 Å². The highest BCUT2D eigenvalue weighted by atomic mass is 16.2. The van der Waals surface area contributed by atoms with Crippen molar-refractivity contribution in [1.29, 1.82) is 0 Å². The molecule has 3 heteroatoms. The number of fused-ring (bicyclic) bond motifs is 1. The van der Waals surface area contributed by atoms with E-state index >= 15 is 0 Å². The second kappa shape index (κ2) is 5.85. The van der Waals surface area contributed by atoms with Crippen molar-refractivity contribution in [2.75, 3.05) is 20.1 Å². The molecule has 3 unspecified atom stereocenters. The zero-order valence-electron chi connectivity index (χ0n) is 11.2. The summed E-state index contributed by atoms with van der Waals surface area (Å²) in [5.74, 6) is 1.29. The first-order valence-corrected chi connectivity index (χ1v) is 7.19. The van der Waals surface area contributed by atoms with Crippen LogP contribution in [0.3, 0.4) is 0 Å². The van der Waals surface area contributed by atoms with E-state index in [2.05, 4.69) is 10.2 Å².